The van der Waals surface area contributed by atoms with Gasteiger partial charge < -0.3 is 24.8 Å². The molecule has 1 aliphatic heterocycles. The predicted octanol–water partition coefficient (Wildman–Crippen LogP) is 5.52. The molecule has 0 bridgehead atoms. The van der Waals surface area contributed by atoms with E-state index in [9.17, 15) is 19.2 Å². The van der Waals surface area contributed by atoms with Gasteiger partial charge in [0, 0.05) is 11.4 Å². The second-order valence-electron chi connectivity index (χ2n) is 9.53. The summed E-state index contributed by atoms with van der Waals surface area (Å²) in [6, 6.07) is 19.2. The first kappa shape index (κ1) is 30.2. The molecule has 10 nitrogen and oxygen atoms in total. The third kappa shape index (κ3) is 7.49. The third-order valence-electron chi connectivity index (χ3n) is 6.25. The molecule has 1 saturated heterocycles. The molecule has 0 atom stereocenters. The van der Waals surface area contributed by atoms with Gasteiger partial charge in [0.1, 0.15) is 12.3 Å². The summed E-state index contributed by atoms with van der Waals surface area (Å²) in [6.45, 7) is 3.44. The fraction of sp³-hybridized carbons (Fsp3) is 0.226. The summed E-state index contributed by atoms with van der Waals surface area (Å²) in [6.07, 6.45) is 1.54. The highest BCUT2D eigenvalue weighted by atomic mass is 32.2. The number of thioether (sulfide) groups is 1. The molecule has 0 saturated carbocycles. The lowest BCUT2D eigenvalue weighted by molar-refractivity contribution is -0.127. The molecule has 4 rings (SSSR count). The maximum absolute atomic E-state index is 12.9. The Kier molecular flexibility index (Phi) is 9.87. The number of methoxy groups -OCH3 is 2. The van der Waals surface area contributed by atoms with Gasteiger partial charge >= 0.3 is 0 Å². The number of anilines is 2. The molecule has 3 aromatic carbocycles. The predicted molar refractivity (Wildman–Crippen MR) is 162 cm³/mol. The van der Waals surface area contributed by atoms with Crippen LogP contribution in [0, 0.1) is 0 Å². The Labute approximate surface area is 248 Å². The van der Waals surface area contributed by atoms with E-state index in [0.29, 0.717) is 28.5 Å². The second kappa shape index (κ2) is 13.7. The number of carbonyl (C=O) groups is 4. The molecular weight excluding hydrogens is 558 g/mol. The molecule has 218 valence electrons. The highest BCUT2D eigenvalue weighted by Gasteiger charge is 2.36. The Bertz CT molecular complexity index is 1520. The molecule has 4 amide bonds. The maximum Gasteiger partial charge on any atom is 0.294 e. The van der Waals surface area contributed by atoms with Crippen molar-refractivity contribution in [3.63, 3.8) is 0 Å². The van der Waals surface area contributed by atoms with Crippen LogP contribution < -0.4 is 24.8 Å². The van der Waals surface area contributed by atoms with Crippen LogP contribution in [0.4, 0.5) is 16.2 Å². The first-order valence-electron chi connectivity index (χ1n) is 13.1. The molecule has 42 heavy (non-hydrogen) atoms. The lowest BCUT2D eigenvalue weighted by atomic mass is 10.0. The van der Waals surface area contributed by atoms with Crippen LogP contribution >= 0.6 is 11.8 Å². The van der Waals surface area contributed by atoms with Gasteiger partial charge in [-0.25, -0.2) is 0 Å². The van der Waals surface area contributed by atoms with Crippen molar-refractivity contribution in [3.8, 4) is 17.2 Å². The van der Waals surface area contributed by atoms with Gasteiger partial charge in [0.25, 0.3) is 17.1 Å². The van der Waals surface area contributed by atoms with E-state index in [1.165, 1.54) is 20.3 Å². The van der Waals surface area contributed by atoms with Crippen LogP contribution in [0.5, 0.6) is 17.2 Å². The van der Waals surface area contributed by atoms with E-state index in [-0.39, 0.29) is 23.3 Å². The minimum Gasteiger partial charge on any atom is -0.497 e. The van der Waals surface area contributed by atoms with Crippen molar-refractivity contribution in [1.29, 1.82) is 0 Å². The van der Waals surface area contributed by atoms with Gasteiger partial charge in [-0.2, -0.15) is 0 Å². The molecule has 2 N–H and O–H groups in total. The summed E-state index contributed by atoms with van der Waals surface area (Å²) in [4.78, 5) is 51.5. The summed E-state index contributed by atoms with van der Waals surface area (Å²) < 4.78 is 16.2. The number of nitrogens with one attached hydrogen (secondary N) is 2. The third-order valence-corrected chi connectivity index (χ3v) is 7.16. The van der Waals surface area contributed by atoms with Crippen molar-refractivity contribution in [2.75, 3.05) is 38.0 Å². The molecule has 0 aromatic heterocycles. The van der Waals surface area contributed by atoms with E-state index in [1.807, 2.05) is 24.3 Å². The van der Waals surface area contributed by atoms with Gasteiger partial charge in [0.2, 0.25) is 5.91 Å². The molecule has 0 spiro atoms. The smallest absolute Gasteiger partial charge is 0.294 e. The minimum atomic E-state index is -0.576. The summed E-state index contributed by atoms with van der Waals surface area (Å²) in [7, 11) is 3.00. The first-order chi connectivity index (χ1) is 20.2. The van der Waals surface area contributed by atoms with Crippen molar-refractivity contribution in [1.82, 2.24) is 4.90 Å². The van der Waals surface area contributed by atoms with Crippen LogP contribution in [0.15, 0.2) is 71.6 Å². The standard InChI is InChI=1S/C31H31N3O7S/c1-19(2)23-7-5-6-8-24(23)33-29(36)18-41-25-14-9-20(15-26(25)40-4)16-27-30(37)34(31(38)42-27)17-28(35)32-21-10-12-22(39-3)13-11-21/h5-16,19H,17-18H2,1-4H3,(H,32,35)(H,33,36)/b27-16-. The molecule has 1 heterocycles. The van der Waals surface area contributed by atoms with Gasteiger partial charge in [-0.1, -0.05) is 38.1 Å². The summed E-state index contributed by atoms with van der Waals surface area (Å²) in [5, 5.41) is 4.99. The molecule has 1 fully saturated rings. The number of benzene rings is 3. The molecule has 11 heteroatoms. The zero-order chi connectivity index (χ0) is 30.2. The summed E-state index contributed by atoms with van der Waals surface area (Å²) in [5.41, 5.74) is 2.84. The largest absolute Gasteiger partial charge is 0.497 e. The maximum atomic E-state index is 12.9. The highest BCUT2D eigenvalue weighted by molar-refractivity contribution is 8.18. The lowest BCUT2D eigenvalue weighted by Crippen LogP contribution is -2.36. The quantitative estimate of drug-likeness (QED) is 0.280. The SMILES string of the molecule is COc1ccc(NC(=O)CN2C(=O)S/C(=C\c3ccc(OCC(=O)Nc4ccccc4C(C)C)c(OC)c3)C2=O)cc1. The number of para-hydroxylation sites is 1. The number of imide groups is 1. The van der Waals surface area contributed by atoms with Gasteiger partial charge in [-0.15, -0.1) is 0 Å². The average molecular weight is 590 g/mol. The number of ether oxygens (including phenoxy) is 3. The number of carbonyl (C=O) groups excluding carboxylic acids is 4. The number of amides is 4. The lowest BCUT2D eigenvalue weighted by Gasteiger charge is -2.15. The van der Waals surface area contributed by atoms with E-state index in [0.717, 1.165) is 27.9 Å². The summed E-state index contributed by atoms with van der Waals surface area (Å²) in [5.74, 6) is 0.152. The minimum absolute atomic E-state index is 0.163. The highest BCUT2D eigenvalue weighted by Crippen LogP contribution is 2.34. The van der Waals surface area contributed by atoms with Crippen LogP contribution in [0.3, 0.4) is 0 Å². The van der Waals surface area contributed by atoms with Crippen LogP contribution in [-0.2, 0) is 14.4 Å². The Morgan fingerprint density at radius 3 is 2.33 bits per heavy atom. The second-order valence-corrected chi connectivity index (χ2v) is 10.5. The zero-order valence-electron chi connectivity index (χ0n) is 23.6. The fourth-order valence-corrected chi connectivity index (χ4v) is 4.98. The summed E-state index contributed by atoms with van der Waals surface area (Å²) >= 11 is 0.743. The van der Waals surface area contributed by atoms with Gasteiger partial charge in [0.05, 0.1) is 19.1 Å². The number of hydrogen-bond acceptors (Lipinski definition) is 8. The average Bonchev–Trinajstić information content (AvgIpc) is 3.23. The number of hydrogen-bond donors (Lipinski definition) is 2. The van der Waals surface area contributed by atoms with Crippen molar-refractivity contribution in [2.45, 2.75) is 19.8 Å². The Hall–Kier alpha value is -4.77. The molecule has 0 unspecified atom stereocenters. The van der Waals surface area contributed by atoms with Crippen LogP contribution in [0.2, 0.25) is 0 Å². The van der Waals surface area contributed by atoms with E-state index in [4.69, 9.17) is 14.2 Å². The monoisotopic (exact) mass is 589 g/mol. The van der Waals surface area contributed by atoms with Gasteiger partial charge in [-0.3, -0.25) is 24.1 Å². The van der Waals surface area contributed by atoms with Crippen molar-refractivity contribution < 1.29 is 33.4 Å². The van der Waals surface area contributed by atoms with E-state index < -0.39 is 23.6 Å². The number of rotatable bonds is 11. The molecule has 3 aromatic rings. The Morgan fingerprint density at radius 1 is 0.905 bits per heavy atom. The van der Waals surface area contributed by atoms with Gasteiger partial charge in [-0.05, 0) is 77.3 Å². The normalized spacial score (nSPS) is 13.8. The van der Waals surface area contributed by atoms with Crippen molar-refractivity contribution in [3.05, 3.63) is 82.8 Å². The molecule has 1 aliphatic rings. The topological polar surface area (TPSA) is 123 Å². The Balaban J connectivity index is 1.37. The van der Waals surface area contributed by atoms with Crippen LogP contribution in [0.25, 0.3) is 6.08 Å². The van der Waals surface area contributed by atoms with E-state index in [2.05, 4.69) is 24.5 Å². The van der Waals surface area contributed by atoms with Crippen molar-refractivity contribution >= 4 is 52.2 Å². The Morgan fingerprint density at radius 2 is 1.64 bits per heavy atom. The van der Waals surface area contributed by atoms with Gasteiger partial charge in [0.15, 0.2) is 18.1 Å². The zero-order valence-corrected chi connectivity index (χ0v) is 24.4. The number of nitrogens with zero attached hydrogens (tertiary/aromatic N) is 1. The molecule has 0 aliphatic carbocycles. The fourth-order valence-electron chi connectivity index (χ4n) is 4.14. The van der Waals surface area contributed by atoms with E-state index in [1.54, 1.807) is 42.5 Å². The van der Waals surface area contributed by atoms with Crippen LogP contribution in [0.1, 0.15) is 30.9 Å². The molecular formula is C31H31N3O7S. The van der Waals surface area contributed by atoms with Crippen molar-refractivity contribution in [2.24, 2.45) is 0 Å². The first-order valence-corrected chi connectivity index (χ1v) is 13.9. The molecule has 0 radical (unpaired) electrons. The van der Waals surface area contributed by atoms with E-state index >= 15 is 0 Å². The van der Waals surface area contributed by atoms with Crippen LogP contribution in [-0.4, -0.2) is 55.2 Å².